The zero-order chi connectivity index (χ0) is 7.82. The van der Waals surface area contributed by atoms with Gasteiger partial charge in [0, 0.05) is 11.0 Å². The molecule has 0 aliphatic carbocycles. The summed E-state index contributed by atoms with van der Waals surface area (Å²) in [5.41, 5.74) is 0. The van der Waals surface area contributed by atoms with Gasteiger partial charge in [0.1, 0.15) is 0 Å². The summed E-state index contributed by atoms with van der Waals surface area (Å²) < 4.78 is 10.7. The van der Waals surface area contributed by atoms with Gasteiger partial charge in [0.05, 0.1) is 13.2 Å². The van der Waals surface area contributed by atoms with E-state index in [1.165, 1.54) is 0 Å². The minimum atomic E-state index is -0.755. The Kier molecular flexibility index (Phi) is 8.18. The van der Waals surface area contributed by atoms with Crippen molar-refractivity contribution in [1.29, 1.82) is 0 Å². The average molecular weight is 260 g/mol. The van der Waals surface area contributed by atoms with Crippen molar-refractivity contribution in [3.8, 4) is 0 Å². The van der Waals surface area contributed by atoms with E-state index in [1.807, 2.05) is 6.92 Å². The molecule has 0 radical (unpaired) electrons. The summed E-state index contributed by atoms with van der Waals surface area (Å²) in [4.78, 5) is 0. The lowest BCUT2D eigenvalue weighted by Crippen LogP contribution is -2.19. The Bertz CT molecular complexity index is 62.0. The summed E-state index contributed by atoms with van der Waals surface area (Å²) in [7, 11) is 0. The van der Waals surface area contributed by atoms with Crippen LogP contribution in [0.1, 0.15) is 6.92 Å². The molecule has 62 valence electrons. The van der Waals surface area contributed by atoms with Crippen LogP contribution in [0.15, 0.2) is 0 Å². The van der Waals surface area contributed by atoms with Crippen molar-refractivity contribution in [1.82, 2.24) is 0 Å². The molecule has 4 heteroatoms. The average Bonchev–Trinajstić information content (AvgIpc) is 1.97. The van der Waals surface area contributed by atoms with Gasteiger partial charge >= 0.3 is 0 Å². The maximum atomic E-state index is 8.96. The van der Waals surface area contributed by atoms with Crippen molar-refractivity contribution in [3.05, 3.63) is 0 Å². The van der Waals surface area contributed by atoms with Crippen molar-refractivity contribution in [2.45, 2.75) is 13.2 Å². The normalized spacial score (nSPS) is 13.5. The molecule has 0 rings (SSSR count). The van der Waals surface area contributed by atoms with E-state index in [4.69, 9.17) is 14.6 Å². The maximum absolute atomic E-state index is 8.96. The van der Waals surface area contributed by atoms with Crippen LogP contribution in [0.3, 0.4) is 0 Å². The van der Waals surface area contributed by atoms with Gasteiger partial charge in [0.15, 0.2) is 6.29 Å². The van der Waals surface area contributed by atoms with Crippen LogP contribution in [0.2, 0.25) is 0 Å². The smallest absolute Gasteiger partial charge is 0.178 e. The first kappa shape index (κ1) is 10.6. The van der Waals surface area contributed by atoms with Crippen LogP contribution in [0.4, 0.5) is 0 Å². The first-order valence-corrected chi connectivity index (χ1v) is 4.77. The van der Waals surface area contributed by atoms with Crippen LogP contribution in [0.25, 0.3) is 0 Å². The molecule has 1 N–H and O–H groups in total. The van der Waals surface area contributed by atoms with Crippen LogP contribution < -0.4 is 0 Å². The fourth-order valence-electron chi connectivity index (χ4n) is 0.447. The van der Waals surface area contributed by atoms with E-state index in [1.54, 1.807) is 0 Å². The van der Waals surface area contributed by atoms with Gasteiger partial charge in [-0.15, -0.1) is 0 Å². The van der Waals surface area contributed by atoms with Gasteiger partial charge in [-0.2, -0.15) is 0 Å². The number of halogens is 1. The topological polar surface area (TPSA) is 38.7 Å². The molecule has 0 aliphatic rings. The van der Waals surface area contributed by atoms with Gasteiger partial charge in [0.25, 0.3) is 0 Å². The molecule has 0 heterocycles. The first-order valence-electron chi connectivity index (χ1n) is 3.24. The third-order valence-electron chi connectivity index (χ3n) is 0.852. The minimum Gasteiger partial charge on any atom is -0.376 e. The molecule has 0 bridgehead atoms. The van der Waals surface area contributed by atoms with Crippen molar-refractivity contribution < 1.29 is 14.6 Å². The van der Waals surface area contributed by atoms with Gasteiger partial charge in [0.2, 0.25) is 0 Å². The summed E-state index contributed by atoms with van der Waals surface area (Å²) in [5.74, 6) is 0. The third-order valence-corrected chi connectivity index (χ3v) is 1.29. The molecule has 0 amide bonds. The highest BCUT2D eigenvalue weighted by atomic mass is 127. The second kappa shape index (κ2) is 7.71. The standard InChI is InChI=1S/C6H13IO3/c1-2-9-5-6(8)10-4-3-7/h6,8H,2-5H2,1H3. The number of rotatable bonds is 6. The van der Waals surface area contributed by atoms with Gasteiger partial charge in [-0.25, -0.2) is 0 Å². The molecule has 0 aromatic carbocycles. The molecule has 0 aromatic rings. The largest absolute Gasteiger partial charge is 0.376 e. The first-order chi connectivity index (χ1) is 4.81. The lowest BCUT2D eigenvalue weighted by Gasteiger charge is -2.09. The summed E-state index contributed by atoms with van der Waals surface area (Å²) in [5, 5.41) is 8.96. The van der Waals surface area contributed by atoms with E-state index in [0.717, 1.165) is 4.43 Å². The lowest BCUT2D eigenvalue weighted by molar-refractivity contribution is -0.131. The van der Waals surface area contributed by atoms with Crippen molar-refractivity contribution >= 4 is 22.6 Å². The molecule has 1 unspecified atom stereocenters. The number of aliphatic hydroxyl groups excluding tert-OH is 1. The van der Waals surface area contributed by atoms with E-state index >= 15 is 0 Å². The van der Waals surface area contributed by atoms with Crippen LogP contribution in [0.5, 0.6) is 0 Å². The number of hydrogen-bond acceptors (Lipinski definition) is 3. The highest BCUT2D eigenvalue weighted by molar-refractivity contribution is 14.1. The van der Waals surface area contributed by atoms with Crippen LogP contribution in [-0.2, 0) is 9.47 Å². The molecule has 0 saturated heterocycles. The van der Waals surface area contributed by atoms with E-state index < -0.39 is 6.29 Å². The number of alkyl halides is 1. The predicted molar refractivity (Wildman–Crippen MR) is 47.3 cm³/mol. The van der Waals surface area contributed by atoms with Crippen molar-refractivity contribution in [3.63, 3.8) is 0 Å². The summed E-state index contributed by atoms with van der Waals surface area (Å²) in [6.07, 6.45) is -0.755. The van der Waals surface area contributed by atoms with E-state index in [0.29, 0.717) is 13.2 Å². The number of hydrogen-bond donors (Lipinski definition) is 1. The molecule has 10 heavy (non-hydrogen) atoms. The maximum Gasteiger partial charge on any atom is 0.178 e. The van der Waals surface area contributed by atoms with Crippen molar-refractivity contribution in [2.75, 3.05) is 24.2 Å². The fourth-order valence-corrected chi connectivity index (χ4v) is 0.702. The number of aliphatic hydroxyl groups is 1. The molecular weight excluding hydrogens is 247 g/mol. The zero-order valence-corrected chi connectivity index (χ0v) is 8.20. The quantitative estimate of drug-likeness (QED) is 0.436. The van der Waals surface area contributed by atoms with E-state index in [9.17, 15) is 0 Å². The minimum absolute atomic E-state index is 0.271. The van der Waals surface area contributed by atoms with E-state index in [2.05, 4.69) is 22.6 Å². The molecule has 0 fully saturated rings. The highest BCUT2D eigenvalue weighted by Gasteiger charge is 2.01. The van der Waals surface area contributed by atoms with Crippen molar-refractivity contribution in [2.24, 2.45) is 0 Å². The molecule has 1 atom stereocenters. The summed E-state index contributed by atoms with van der Waals surface area (Å²) in [6.45, 7) is 3.34. The Morgan fingerprint density at radius 2 is 2.30 bits per heavy atom. The van der Waals surface area contributed by atoms with Crippen LogP contribution >= 0.6 is 22.6 Å². The van der Waals surface area contributed by atoms with Gasteiger partial charge < -0.3 is 14.6 Å². The Morgan fingerprint density at radius 3 is 2.80 bits per heavy atom. The second-order valence-corrected chi connectivity index (χ2v) is 2.75. The zero-order valence-electron chi connectivity index (χ0n) is 6.05. The summed E-state index contributed by atoms with van der Waals surface area (Å²) >= 11 is 2.18. The van der Waals surface area contributed by atoms with Gasteiger partial charge in [-0.1, -0.05) is 22.6 Å². The highest BCUT2D eigenvalue weighted by Crippen LogP contribution is 1.90. The Labute approximate surface area is 74.8 Å². The predicted octanol–water partition coefficient (Wildman–Crippen LogP) is 0.793. The summed E-state index contributed by atoms with van der Waals surface area (Å²) in [6, 6.07) is 0. The molecule has 3 nitrogen and oxygen atoms in total. The molecule has 0 spiro atoms. The molecule has 0 saturated carbocycles. The lowest BCUT2D eigenvalue weighted by atomic mass is 10.6. The monoisotopic (exact) mass is 260 g/mol. The van der Waals surface area contributed by atoms with E-state index in [-0.39, 0.29) is 6.61 Å². The third kappa shape index (κ3) is 6.73. The molecule has 0 aliphatic heterocycles. The molecular formula is C6H13IO3. The fraction of sp³-hybridized carbons (Fsp3) is 1.00. The Hall–Kier alpha value is 0.610. The Morgan fingerprint density at radius 1 is 1.60 bits per heavy atom. The SMILES string of the molecule is CCOCC(O)OCCI. The molecule has 0 aromatic heterocycles. The second-order valence-electron chi connectivity index (χ2n) is 1.67. The van der Waals surface area contributed by atoms with Gasteiger partial charge in [-0.05, 0) is 6.92 Å². The van der Waals surface area contributed by atoms with Crippen LogP contribution in [-0.4, -0.2) is 35.6 Å². The Balaban J connectivity index is 3.00. The number of ether oxygens (including phenoxy) is 2. The van der Waals surface area contributed by atoms with Crippen LogP contribution in [0, 0.1) is 0 Å². The van der Waals surface area contributed by atoms with Gasteiger partial charge in [-0.3, -0.25) is 0 Å².